The number of carbonyl (C=O) groups excluding carboxylic acids is 1. The van der Waals surface area contributed by atoms with Crippen LogP contribution in [0.2, 0.25) is 4.34 Å². The van der Waals surface area contributed by atoms with Crippen LogP contribution in [-0.4, -0.2) is 64.2 Å². The Hall–Kier alpha value is -2.02. The van der Waals surface area contributed by atoms with Crippen molar-refractivity contribution in [1.82, 2.24) is 18.8 Å². The van der Waals surface area contributed by atoms with E-state index < -0.39 is 14.9 Å². The minimum atomic E-state index is -3.62. The maximum absolute atomic E-state index is 12.5. The highest BCUT2D eigenvalue weighted by Gasteiger charge is 2.31. The van der Waals surface area contributed by atoms with Gasteiger partial charge in [0.1, 0.15) is 17.0 Å². The highest BCUT2D eigenvalue weighted by molar-refractivity contribution is 7.91. The van der Waals surface area contributed by atoms with E-state index in [2.05, 4.69) is 4.98 Å². The average Bonchev–Trinajstić information content (AvgIpc) is 3.24. The summed E-state index contributed by atoms with van der Waals surface area (Å²) in [6.07, 6.45) is 2.40. The molecule has 0 aromatic carbocycles. The van der Waals surface area contributed by atoms with Crippen LogP contribution >= 0.6 is 22.9 Å². The monoisotopic (exact) mass is 419 g/mol. The molecule has 140 valence electrons. The van der Waals surface area contributed by atoms with Gasteiger partial charge in [-0.2, -0.15) is 4.31 Å². The van der Waals surface area contributed by atoms with Crippen molar-refractivity contribution >= 4 is 44.7 Å². The lowest BCUT2D eigenvalue weighted by Crippen LogP contribution is -2.51. The van der Waals surface area contributed by atoms with E-state index in [0.717, 1.165) is 11.3 Å². The summed E-state index contributed by atoms with van der Waals surface area (Å²) in [7, 11) is -3.62. The number of carbonyl (C=O) groups is 1. The van der Waals surface area contributed by atoms with Crippen molar-refractivity contribution in [1.29, 1.82) is 0 Å². The number of amides is 1. The van der Waals surface area contributed by atoms with E-state index in [4.69, 9.17) is 11.6 Å². The van der Waals surface area contributed by atoms with Gasteiger partial charge in [0.15, 0.2) is 0 Å². The molecule has 0 N–H and O–H groups in total. The number of nitrogens with zero attached hydrogens (tertiary/aromatic N) is 5. The van der Waals surface area contributed by atoms with Crippen molar-refractivity contribution < 1.29 is 18.1 Å². The van der Waals surface area contributed by atoms with Gasteiger partial charge in [0.05, 0.1) is 4.34 Å². The summed E-state index contributed by atoms with van der Waals surface area (Å²) in [5, 5.41) is 10.6. The molecule has 1 fully saturated rings. The summed E-state index contributed by atoms with van der Waals surface area (Å²) in [5.41, 5.74) is 0. The molecule has 1 aliphatic heterocycles. The van der Waals surface area contributed by atoms with Gasteiger partial charge >= 0.3 is 5.82 Å². The molecule has 0 aliphatic carbocycles. The van der Waals surface area contributed by atoms with Gasteiger partial charge in [0.2, 0.25) is 12.2 Å². The summed E-state index contributed by atoms with van der Waals surface area (Å²) in [6, 6.07) is 3.00. The fourth-order valence-corrected chi connectivity index (χ4v) is 5.59. The van der Waals surface area contributed by atoms with Crippen molar-refractivity contribution in [3.63, 3.8) is 0 Å². The predicted octanol–water partition coefficient (Wildman–Crippen LogP) is 1.04. The van der Waals surface area contributed by atoms with Crippen molar-refractivity contribution in [2.24, 2.45) is 0 Å². The van der Waals surface area contributed by atoms with E-state index in [-0.39, 0.29) is 48.7 Å². The molecular weight excluding hydrogens is 406 g/mol. The zero-order chi connectivity index (χ0) is 18.9. The Morgan fingerprint density at radius 3 is 2.54 bits per heavy atom. The smallest absolute Gasteiger partial charge is 0.358 e. The van der Waals surface area contributed by atoms with Crippen LogP contribution in [-0.2, 0) is 21.4 Å². The quantitative estimate of drug-likeness (QED) is 0.527. The fraction of sp³-hybridized carbons (Fsp3) is 0.385. The topological polar surface area (TPSA) is 119 Å². The summed E-state index contributed by atoms with van der Waals surface area (Å²) in [5.74, 6) is -0.586. The number of piperazine rings is 1. The average molecular weight is 420 g/mol. The predicted molar refractivity (Wildman–Crippen MR) is 93.5 cm³/mol. The molecule has 1 saturated heterocycles. The molecule has 13 heteroatoms. The lowest BCUT2D eigenvalue weighted by Gasteiger charge is -2.33. The molecule has 1 aliphatic rings. The molecule has 2 aromatic rings. The number of hydrogen-bond acceptors (Lipinski definition) is 7. The summed E-state index contributed by atoms with van der Waals surface area (Å²) in [4.78, 5) is 27.4. The number of halogens is 1. The van der Waals surface area contributed by atoms with Crippen molar-refractivity contribution in [2.45, 2.75) is 10.8 Å². The van der Waals surface area contributed by atoms with E-state index >= 15 is 0 Å². The van der Waals surface area contributed by atoms with Crippen LogP contribution in [0.3, 0.4) is 0 Å². The van der Waals surface area contributed by atoms with Crippen LogP contribution in [0.15, 0.2) is 28.9 Å². The molecule has 0 unspecified atom stereocenters. The van der Waals surface area contributed by atoms with Gasteiger partial charge in [-0.3, -0.25) is 4.79 Å². The maximum Gasteiger partial charge on any atom is 0.381 e. The van der Waals surface area contributed by atoms with E-state index in [1.165, 1.54) is 38.4 Å². The molecule has 3 heterocycles. The number of thiophene rings is 1. The first-order chi connectivity index (χ1) is 12.3. The van der Waals surface area contributed by atoms with Crippen molar-refractivity contribution in [3.05, 3.63) is 39.1 Å². The molecule has 0 spiro atoms. The summed E-state index contributed by atoms with van der Waals surface area (Å²) >= 11 is 6.79. The third-order valence-electron chi connectivity index (χ3n) is 3.86. The highest BCUT2D eigenvalue weighted by atomic mass is 35.5. The van der Waals surface area contributed by atoms with E-state index in [0.29, 0.717) is 4.34 Å². The van der Waals surface area contributed by atoms with Gasteiger partial charge in [-0.05, 0) is 22.0 Å². The van der Waals surface area contributed by atoms with Crippen LogP contribution in [0, 0.1) is 10.1 Å². The van der Waals surface area contributed by atoms with E-state index in [1.807, 2.05) is 0 Å². The first kappa shape index (κ1) is 18.8. The largest absolute Gasteiger partial charge is 0.381 e. The molecule has 0 saturated carbocycles. The Morgan fingerprint density at radius 1 is 1.31 bits per heavy atom. The van der Waals surface area contributed by atoms with Gasteiger partial charge in [0.25, 0.3) is 10.0 Å². The number of sulfonamides is 1. The van der Waals surface area contributed by atoms with Crippen LogP contribution in [0.4, 0.5) is 5.82 Å². The SMILES string of the molecule is O=C(Cn1cnc([N+](=O)[O-])c1)N1CCN(S(=O)(=O)c2ccc(Cl)s2)CC1. The second kappa shape index (κ2) is 7.31. The number of nitro groups is 1. The second-order valence-electron chi connectivity index (χ2n) is 5.50. The third-order valence-corrected chi connectivity index (χ3v) is 7.46. The zero-order valence-corrected chi connectivity index (χ0v) is 15.7. The zero-order valence-electron chi connectivity index (χ0n) is 13.3. The molecule has 26 heavy (non-hydrogen) atoms. The van der Waals surface area contributed by atoms with Crippen LogP contribution in [0.5, 0.6) is 0 Å². The first-order valence-electron chi connectivity index (χ1n) is 7.47. The summed E-state index contributed by atoms with van der Waals surface area (Å²) < 4.78 is 28.3. The lowest BCUT2D eigenvalue weighted by molar-refractivity contribution is -0.389. The highest BCUT2D eigenvalue weighted by Crippen LogP contribution is 2.28. The summed E-state index contributed by atoms with van der Waals surface area (Å²) in [6.45, 7) is 0.747. The Balaban J connectivity index is 1.59. The van der Waals surface area contributed by atoms with E-state index in [9.17, 15) is 23.3 Å². The third kappa shape index (κ3) is 3.87. The van der Waals surface area contributed by atoms with Gasteiger partial charge in [0, 0.05) is 26.2 Å². The van der Waals surface area contributed by atoms with Crippen molar-refractivity contribution in [2.75, 3.05) is 26.2 Å². The van der Waals surface area contributed by atoms with Gasteiger partial charge in [-0.25, -0.2) is 8.42 Å². The molecule has 0 atom stereocenters. The molecule has 10 nitrogen and oxygen atoms in total. The molecule has 3 rings (SSSR count). The number of aromatic nitrogens is 2. The molecule has 2 aromatic heterocycles. The van der Waals surface area contributed by atoms with Gasteiger partial charge < -0.3 is 19.6 Å². The second-order valence-corrected chi connectivity index (χ2v) is 9.38. The normalized spacial score (nSPS) is 16.0. The van der Waals surface area contributed by atoms with E-state index in [1.54, 1.807) is 0 Å². The number of rotatable bonds is 5. The van der Waals surface area contributed by atoms with Crippen molar-refractivity contribution in [3.8, 4) is 0 Å². The number of hydrogen-bond donors (Lipinski definition) is 0. The van der Waals surface area contributed by atoms with Gasteiger partial charge in [-0.15, -0.1) is 11.3 Å². The fourth-order valence-electron chi connectivity index (χ4n) is 2.53. The van der Waals surface area contributed by atoms with Crippen LogP contribution < -0.4 is 0 Å². The maximum atomic E-state index is 12.5. The molecule has 1 amide bonds. The number of imidazole rings is 1. The Morgan fingerprint density at radius 2 is 2.00 bits per heavy atom. The molecule has 0 radical (unpaired) electrons. The molecular formula is C13H14ClN5O5S2. The van der Waals surface area contributed by atoms with Crippen LogP contribution in [0.1, 0.15) is 0 Å². The standard InChI is InChI=1S/C13H14ClN5O5S2/c14-10-1-2-13(25-10)26(23,24)18-5-3-17(4-6-18)12(20)8-16-7-11(15-9-16)19(21)22/h1-2,7,9H,3-6,8H2. The Kier molecular flexibility index (Phi) is 5.27. The lowest BCUT2D eigenvalue weighted by atomic mass is 10.3. The van der Waals surface area contributed by atoms with Gasteiger partial charge in [-0.1, -0.05) is 11.6 Å². The minimum Gasteiger partial charge on any atom is -0.358 e. The minimum absolute atomic E-state index is 0.0892. The van der Waals surface area contributed by atoms with Crippen LogP contribution in [0.25, 0.3) is 0 Å². The molecule has 0 bridgehead atoms. The Bertz CT molecular complexity index is 932. The first-order valence-corrected chi connectivity index (χ1v) is 10.1. The Labute approximate surface area is 157 Å².